The highest BCUT2D eigenvalue weighted by molar-refractivity contribution is 5.38. The van der Waals surface area contributed by atoms with Crippen molar-refractivity contribution in [2.75, 3.05) is 0 Å². The van der Waals surface area contributed by atoms with Crippen LogP contribution in [0.25, 0.3) is 0 Å². The lowest BCUT2D eigenvalue weighted by Gasteiger charge is -2.63. The highest BCUT2D eigenvalue weighted by Crippen LogP contribution is 2.69. The van der Waals surface area contributed by atoms with Crippen molar-refractivity contribution in [2.45, 2.75) is 78.1 Å². The average molecular weight is 296 g/mol. The first-order chi connectivity index (χ1) is 10.5. The Balaban J connectivity index is 1.53. The minimum absolute atomic E-state index is 0.627. The molecule has 0 aliphatic heterocycles. The van der Waals surface area contributed by atoms with Crippen LogP contribution in [0.3, 0.4) is 0 Å². The van der Waals surface area contributed by atoms with Crippen molar-refractivity contribution >= 4 is 0 Å². The zero-order chi connectivity index (χ0) is 14.7. The molecule has 8 saturated carbocycles. The standard InChI is InChI=1S/C22H32/c1-21-9-13-3-14(10-21)6-17(5-13)19(21)20-18-7-15-4-16(8-18)12-22(20,2)11-15/h13-18H,3-12H2,1-2H3. The lowest BCUT2D eigenvalue weighted by Crippen LogP contribution is -2.52. The summed E-state index contributed by atoms with van der Waals surface area (Å²) in [5.74, 6) is 6.40. The van der Waals surface area contributed by atoms with Crippen LogP contribution >= 0.6 is 0 Å². The molecule has 4 atom stereocenters. The highest BCUT2D eigenvalue weighted by Gasteiger charge is 2.58. The second kappa shape index (κ2) is 3.86. The molecule has 0 amide bonds. The van der Waals surface area contributed by atoms with E-state index in [2.05, 4.69) is 25.0 Å². The first-order valence-corrected chi connectivity index (χ1v) is 10.3. The van der Waals surface area contributed by atoms with Gasteiger partial charge in [0.25, 0.3) is 0 Å². The van der Waals surface area contributed by atoms with E-state index in [0.29, 0.717) is 10.8 Å². The molecule has 0 saturated heterocycles. The van der Waals surface area contributed by atoms with Gasteiger partial charge in [-0.3, -0.25) is 0 Å². The predicted octanol–water partition coefficient (Wildman–Crippen LogP) is 5.98. The highest BCUT2D eigenvalue weighted by atomic mass is 14.6. The van der Waals surface area contributed by atoms with Crippen LogP contribution in [0.15, 0.2) is 11.1 Å². The number of rotatable bonds is 0. The molecule has 0 aromatic rings. The van der Waals surface area contributed by atoms with Crippen LogP contribution in [0.5, 0.6) is 0 Å². The van der Waals surface area contributed by atoms with E-state index in [-0.39, 0.29) is 0 Å². The summed E-state index contributed by atoms with van der Waals surface area (Å²) >= 11 is 0. The second-order valence-corrected chi connectivity index (χ2v) is 11.0. The van der Waals surface area contributed by atoms with Crippen molar-refractivity contribution in [3.05, 3.63) is 11.1 Å². The number of hydrogen-bond donors (Lipinski definition) is 0. The fourth-order valence-electron chi connectivity index (χ4n) is 9.50. The molecule has 22 heavy (non-hydrogen) atoms. The SMILES string of the molecule is CC12CC3CC(CC(C3)C1=C1C3CC4CC(C3)CC1(C)C4)C2. The van der Waals surface area contributed by atoms with E-state index in [0.717, 1.165) is 35.5 Å². The van der Waals surface area contributed by atoms with Gasteiger partial charge < -0.3 is 0 Å². The average Bonchev–Trinajstić information content (AvgIpc) is 2.38. The third-order valence-electron chi connectivity index (χ3n) is 9.17. The van der Waals surface area contributed by atoms with E-state index in [1.165, 1.54) is 0 Å². The quantitative estimate of drug-likeness (QED) is 0.483. The predicted molar refractivity (Wildman–Crippen MR) is 90.4 cm³/mol. The van der Waals surface area contributed by atoms with E-state index in [1.54, 1.807) is 64.2 Å². The van der Waals surface area contributed by atoms with Crippen LogP contribution in [0.4, 0.5) is 0 Å². The van der Waals surface area contributed by atoms with Crippen LogP contribution in [0.1, 0.15) is 78.1 Å². The topological polar surface area (TPSA) is 0 Å². The van der Waals surface area contributed by atoms with E-state index < -0.39 is 0 Å². The van der Waals surface area contributed by atoms with E-state index in [4.69, 9.17) is 0 Å². The fourth-order valence-corrected chi connectivity index (χ4v) is 9.50. The van der Waals surface area contributed by atoms with Crippen LogP contribution in [-0.4, -0.2) is 0 Å². The van der Waals surface area contributed by atoms with Crippen molar-refractivity contribution in [1.29, 1.82) is 0 Å². The molecule has 0 N–H and O–H groups in total. The Morgan fingerprint density at radius 1 is 0.545 bits per heavy atom. The number of allylic oxidation sites excluding steroid dienone is 2. The molecule has 8 aliphatic rings. The lowest BCUT2D eigenvalue weighted by atomic mass is 9.41. The summed E-state index contributed by atoms with van der Waals surface area (Å²) in [6, 6.07) is 0. The zero-order valence-corrected chi connectivity index (χ0v) is 14.5. The summed E-state index contributed by atoms with van der Waals surface area (Å²) in [6.45, 7) is 5.38. The van der Waals surface area contributed by atoms with Gasteiger partial charge in [0, 0.05) is 0 Å². The molecule has 0 aromatic carbocycles. The van der Waals surface area contributed by atoms with Crippen molar-refractivity contribution in [1.82, 2.24) is 0 Å². The van der Waals surface area contributed by atoms with Gasteiger partial charge in [0.1, 0.15) is 0 Å². The number of hydrogen-bond acceptors (Lipinski definition) is 0. The molecule has 8 aliphatic carbocycles. The minimum Gasteiger partial charge on any atom is -0.0611 e. The summed E-state index contributed by atoms with van der Waals surface area (Å²) < 4.78 is 0. The zero-order valence-electron chi connectivity index (χ0n) is 14.5. The maximum atomic E-state index is 2.69. The van der Waals surface area contributed by atoms with E-state index in [9.17, 15) is 0 Å². The van der Waals surface area contributed by atoms with Gasteiger partial charge in [-0.25, -0.2) is 0 Å². The van der Waals surface area contributed by atoms with Gasteiger partial charge in [-0.1, -0.05) is 25.0 Å². The van der Waals surface area contributed by atoms with Gasteiger partial charge in [0.05, 0.1) is 0 Å². The van der Waals surface area contributed by atoms with Crippen molar-refractivity contribution in [3.63, 3.8) is 0 Å². The Kier molecular flexibility index (Phi) is 2.30. The van der Waals surface area contributed by atoms with Crippen LogP contribution in [0, 0.1) is 46.3 Å². The van der Waals surface area contributed by atoms with Crippen molar-refractivity contribution in [2.24, 2.45) is 46.3 Å². The summed E-state index contributed by atoms with van der Waals surface area (Å²) in [7, 11) is 0. The molecular weight excluding hydrogens is 264 g/mol. The van der Waals surface area contributed by atoms with Crippen molar-refractivity contribution in [3.8, 4) is 0 Å². The van der Waals surface area contributed by atoms with Crippen LogP contribution in [-0.2, 0) is 0 Å². The summed E-state index contributed by atoms with van der Waals surface area (Å²) in [4.78, 5) is 0. The Bertz CT molecular complexity index is 489. The third-order valence-corrected chi connectivity index (χ3v) is 9.17. The molecule has 8 rings (SSSR count). The Morgan fingerprint density at radius 2 is 0.864 bits per heavy atom. The van der Waals surface area contributed by atoms with E-state index in [1.807, 2.05) is 0 Å². The van der Waals surface area contributed by atoms with Gasteiger partial charge in [0.2, 0.25) is 0 Å². The van der Waals surface area contributed by atoms with Crippen LogP contribution in [0.2, 0.25) is 0 Å². The monoisotopic (exact) mass is 296 g/mol. The van der Waals surface area contributed by atoms with Gasteiger partial charge in [0.15, 0.2) is 0 Å². The summed E-state index contributed by atoms with van der Waals surface area (Å²) in [5, 5.41) is 0. The summed E-state index contributed by atoms with van der Waals surface area (Å²) in [5.41, 5.74) is 5.40. The Morgan fingerprint density at radius 3 is 1.14 bits per heavy atom. The molecule has 0 heteroatoms. The van der Waals surface area contributed by atoms with Gasteiger partial charge >= 0.3 is 0 Å². The molecule has 120 valence electrons. The fraction of sp³-hybridized carbons (Fsp3) is 0.909. The largest absolute Gasteiger partial charge is 0.0611 e. The van der Waals surface area contributed by atoms with Crippen LogP contribution < -0.4 is 0 Å². The summed E-state index contributed by atoms with van der Waals surface area (Å²) in [6.07, 6.45) is 15.6. The van der Waals surface area contributed by atoms with Gasteiger partial charge in [-0.2, -0.15) is 0 Å². The first-order valence-electron chi connectivity index (χ1n) is 10.3. The first kappa shape index (κ1) is 13.1. The maximum Gasteiger partial charge on any atom is -0.0105 e. The second-order valence-electron chi connectivity index (χ2n) is 11.0. The minimum atomic E-state index is 0.627. The molecule has 0 nitrogen and oxygen atoms in total. The van der Waals surface area contributed by atoms with Crippen molar-refractivity contribution < 1.29 is 0 Å². The molecule has 4 unspecified atom stereocenters. The molecule has 0 aromatic heterocycles. The normalized spacial score (nSPS) is 64.6. The Hall–Kier alpha value is -0.260. The van der Waals surface area contributed by atoms with Gasteiger partial charge in [-0.15, -0.1) is 0 Å². The molecule has 0 heterocycles. The molecular formula is C22H32. The Labute approximate surface area is 136 Å². The third kappa shape index (κ3) is 1.51. The molecule has 0 spiro atoms. The molecule has 0 radical (unpaired) electrons. The smallest absolute Gasteiger partial charge is 0.0105 e. The molecule has 8 fully saturated rings. The lowest BCUT2D eigenvalue weighted by molar-refractivity contribution is -0.0175. The molecule has 8 bridgehead atoms. The van der Waals surface area contributed by atoms with E-state index >= 15 is 0 Å². The van der Waals surface area contributed by atoms with Gasteiger partial charge in [-0.05, 0) is 111 Å². The maximum absolute atomic E-state index is 2.69.